The molecule has 0 N–H and O–H groups in total. The van der Waals surface area contributed by atoms with Gasteiger partial charge in [-0.15, -0.1) is 0 Å². The zero-order chi connectivity index (χ0) is 25.1. The summed E-state index contributed by atoms with van der Waals surface area (Å²) in [5.74, 6) is -1.21. The molecule has 0 aliphatic rings. The van der Waals surface area contributed by atoms with Crippen LogP contribution in [0.1, 0.15) is 50.7 Å². The van der Waals surface area contributed by atoms with Crippen LogP contribution in [0.4, 0.5) is 11.4 Å². The molecule has 0 bridgehead atoms. The van der Waals surface area contributed by atoms with Crippen LogP contribution < -0.4 is 0 Å². The molecule has 0 radical (unpaired) electrons. The highest BCUT2D eigenvalue weighted by Crippen LogP contribution is 2.36. The highest BCUT2D eigenvalue weighted by atomic mass is 16.6. The first-order valence-electron chi connectivity index (χ1n) is 11.0. The molecule has 2 aromatic rings. The zero-order valence-electron chi connectivity index (χ0n) is 19.2. The minimum atomic E-state index is -1.45. The Morgan fingerprint density at radius 1 is 0.824 bits per heavy atom. The third-order valence-corrected chi connectivity index (χ3v) is 5.36. The lowest BCUT2D eigenvalue weighted by atomic mass is 9.73. The van der Waals surface area contributed by atoms with Crippen LogP contribution in [0.25, 0.3) is 0 Å². The Morgan fingerprint density at radius 3 is 1.82 bits per heavy atom. The monoisotopic (exact) mass is 472 g/mol. The van der Waals surface area contributed by atoms with Gasteiger partial charge in [0, 0.05) is 24.3 Å². The standard InChI is InChI=1S/C24H28N2O8/c1-3-15-33-22(27)17-24(23(28)34-16-4-2,19-7-11-21(12-8-19)26(31)32)14-13-18-5-9-20(10-6-18)25(29)30/h5-12H,3-4,13-17H2,1-2H3. The van der Waals surface area contributed by atoms with E-state index < -0.39 is 27.2 Å². The number of carbonyl (C=O) groups is 2. The molecule has 34 heavy (non-hydrogen) atoms. The van der Waals surface area contributed by atoms with Crippen LogP contribution in [0.3, 0.4) is 0 Å². The van der Waals surface area contributed by atoms with E-state index in [9.17, 15) is 29.8 Å². The molecule has 0 aromatic heterocycles. The quantitative estimate of drug-likeness (QED) is 0.233. The van der Waals surface area contributed by atoms with E-state index in [2.05, 4.69) is 0 Å². The summed E-state index contributed by atoms with van der Waals surface area (Å²) in [6, 6.07) is 11.4. The van der Waals surface area contributed by atoms with Crippen LogP contribution in [0.5, 0.6) is 0 Å². The number of benzene rings is 2. The maximum Gasteiger partial charge on any atom is 0.317 e. The Labute approximate surface area is 197 Å². The van der Waals surface area contributed by atoms with Crippen molar-refractivity contribution in [2.45, 2.75) is 51.4 Å². The zero-order valence-corrected chi connectivity index (χ0v) is 19.2. The molecule has 2 aromatic carbocycles. The maximum absolute atomic E-state index is 13.4. The Bertz CT molecular complexity index is 1000. The number of ether oxygens (including phenoxy) is 2. The Kier molecular flexibility index (Phi) is 9.66. The molecule has 182 valence electrons. The molecule has 1 unspecified atom stereocenters. The van der Waals surface area contributed by atoms with E-state index in [0.717, 1.165) is 5.56 Å². The van der Waals surface area contributed by atoms with Crippen molar-refractivity contribution in [1.82, 2.24) is 0 Å². The molecular formula is C24H28N2O8. The van der Waals surface area contributed by atoms with Crippen LogP contribution >= 0.6 is 0 Å². The molecule has 0 saturated carbocycles. The van der Waals surface area contributed by atoms with Crippen molar-refractivity contribution in [2.24, 2.45) is 0 Å². The number of non-ortho nitro benzene ring substituents is 2. The molecule has 0 aliphatic carbocycles. The second kappa shape index (κ2) is 12.4. The molecule has 2 rings (SSSR count). The van der Waals surface area contributed by atoms with Crippen LogP contribution in [0, 0.1) is 20.2 Å². The van der Waals surface area contributed by atoms with Gasteiger partial charge in [0.1, 0.15) is 5.41 Å². The lowest BCUT2D eigenvalue weighted by Gasteiger charge is -2.31. The van der Waals surface area contributed by atoms with E-state index in [-0.39, 0.29) is 37.4 Å². The summed E-state index contributed by atoms with van der Waals surface area (Å²) < 4.78 is 10.7. The van der Waals surface area contributed by atoms with Gasteiger partial charge in [-0.05, 0) is 36.8 Å². The largest absolute Gasteiger partial charge is 0.466 e. The van der Waals surface area contributed by atoms with Crippen LogP contribution in [-0.4, -0.2) is 35.0 Å². The normalized spacial score (nSPS) is 12.4. The number of nitrogens with zero attached hydrogens (tertiary/aromatic N) is 2. The van der Waals surface area contributed by atoms with Crippen LogP contribution in [0.15, 0.2) is 48.5 Å². The van der Waals surface area contributed by atoms with Gasteiger partial charge < -0.3 is 9.47 Å². The summed E-state index contributed by atoms with van der Waals surface area (Å²) in [6.07, 6.45) is 1.31. The lowest BCUT2D eigenvalue weighted by molar-refractivity contribution is -0.385. The number of rotatable bonds is 13. The number of hydrogen-bond acceptors (Lipinski definition) is 8. The van der Waals surface area contributed by atoms with Gasteiger partial charge in [-0.1, -0.05) is 38.1 Å². The number of hydrogen-bond donors (Lipinski definition) is 0. The van der Waals surface area contributed by atoms with Crippen molar-refractivity contribution in [3.63, 3.8) is 0 Å². The number of esters is 2. The number of aryl methyl sites for hydroxylation is 1. The van der Waals surface area contributed by atoms with Gasteiger partial charge in [-0.3, -0.25) is 29.8 Å². The highest BCUT2D eigenvalue weighted by Gasteiger charge is 2.44. The molecule has 0 spiro atoms. The van der Waals surface area contributed by atoms with Crippen molar-refractivity contribution in [1.29, 1.82) is 0 Å². The maximum atomic E-state index is 13.4. The van der Waals surface area contributed by atoms with Gasteiger partial charge in [0.15, 0.2) is 0 Å². The minimum Gasteiger partial charge on any atom is -0.466 e. The van der Waals surface area contributed by atoms with Crippen molar-refractivity contribution in [3.8, 4) is 0 Å². The molecule has 0 saturated heterocycles. The lowest BCUT2D eigenvalue weighted by Crippen LogP contribution is -2.41. The summed E-state index contributed by atoms with van der Waals surface area (Å²) in [7, 11) is 0. The summed E-state index contributed by atoms with van der Waals surface area (Å²) >= 11 is 0. The molecule has 1 atom stereocenters. The van der Waals surface area contributed by atoms with E-state index in [0.29, 0.717) is 24.8 Å². The first-order valence-corrected chi connectivity index (χ1v) is 11.0. The van der Waals surface area contributed by atoms with E-state index >= 15 is 0 Å². The Balaban J connectivity index is 2.47. The van der Waals surface area contributed by atoms with E-state index in [4.69, 9.17) is 9.47 Å². The summed E-state index contributed by atoms with van der Waals surface area (Å²) in [5.41, 5.74) is -0.535. The van der Waals surface area contributed by atoms with Gasteiger partial charge in [0.25, 0.3) is 11.4 Å². The average molecular weight is 472 g/mol. The van der Waals surface area contributed by atoms with E-state index in [1.807, 2.05) is 13.8 Å². The topological polar surface area (TPSA) is 139 Å². The fourth-order valence-electron chi connectivity index (χ4n) is 3.52. The van der Waals surface area contributed by atoms with Crippen LogP contribution in [-0.2, 0) is 30.9 Å². The first kappa shape index (κ1) is 26.4. The Hall–Kier alpha value is -3.82. The van der Waals surface area contributed by atoms with Crippen molar-refractivity contribution >= 4 is 23.3 Å². The fourth-order valence-corrected chi connectivity index (χ4v) is 3.52. The second-order valence-corrected chi connectivity index (χ2v) is 7.84. The van der Waals surface area contributed by atoms with Crippen molar-refractivity contribution in [2.75, 3.05) is 13.2 Å². The average Bonchev–Trinajstić information content (AvgIpc) is 2.84. The molecule has 0 heterocycles. The summed E-state index contributed by atoms with van der Waals surface area (Å²) in [5, 5.41) is 22.0. The summed E-state index contributed by atoms with van der Waals surface area (Å²) in [4.78, 5) is 47.0. The van der Waals surface area contributed by atoms with Crippen molar-refractivity contribution in [3.05, 3.63) is 79.9 Å². The molecular weight excluding hydrogens is 444 g/mol. The van der Waals surface area contributed by atoms with Gasteiger partial charge in [0.2, 0.25) is 0 Å². The Morgan fingerprint density at radius 2 is 1.32 bits per heavy atom. The molecule has 0 amide bonds. The second-order valence-electron chi connectivity index (χ2n) is 7.84. The highest BCUT2D eigenvalue weighted by molar-refractivity contribution is 5.89. The molecule has 0 fully saturated rings. The van der Waals surface area contributed by atoms with Gasteiger partial charge >= 0.3 is 11.9 Å². The van der Waals surface area contributed by atoms with Gasteiger partial charge in [-0.25, -0.2) is 0 Å². The predicted octanol–water partition coefficient (Wildman–Crippen LogP) is 4.67. The third kappa shape index (κ3) is 6.84. The number of nitro benzene ring substituents is 2. The molecule has 0 aliphatic heterocycles. The number of nitro groups is 2. The number of carbonyl (C=O) groups excluding carboxylic acids is 2. The van der Waals surface area contributed by atoms with Gasteiger partial charge in [0.05, 0.1) is 29.5 Å². The fraction of sp³-hybridized carbons (Fsp3) is 0.417. The minimum absolute atomic E-state index is 0.0594. The third-order valence-electron chi connectivity index (χ3n) is 5.36. The SMILES string of the molecule is CCCOC(=O)CC(CCc1ccc([N+](=O)[O-])cc1)(C(=O)OCCC)c1ccc([N+](=O)[O-])cc1. The van der Waals surface area contributed by atoms with E-state index in [1.165, 1.54) is 36.4 Å². The summed E-state index contributed by atoms with van der Waals surface area (Å²) in [6.45, 7) is 4.03. The first-order chi connectivity index (χ1) is 16.2. The predicted molar refractivity (Wildman–Crippen MR) is 123 cm³/mol. The molecule has 10 heteroatoms. The smallest absolute Gasteiger partial charge is 0.317 e. The van der Waals surface area contributed by atoms with Crippen molar-refractivity contribution < 1.29 is 28.9 Å². The van der Waals surface area contributed by atoms with E-state index in [1.54, 1.807) is 12.1 Å². The molecule has 10 nitrogen and oxygen atoms in total. The van der Waals surface area contributed by atoms with Crippen LogP contribution in [0.2, 0.25) is 0 Å². The van der Waals surface area contributed by atoms with Gasteiger partial charge in [-0.2, -0.15) is 0 Å².